The van der Waals surface area contributed by atoms with E-state index in [4.69, 9.17) is 25.8 Å². The van der Waals surface area contributed by atoms with Gasteiger partial charge in [0.25, 0.3) is 5.69 Å². The third-order valence-corrected chi connectivity index (χ3v) is 4.77. The van der Waals surface area contributed by atoms with Crippen LogP contribution in [0.3, 0.4) is 0 Å². The number of ether oxygens (including phenoxy) is 3. The van der Waals surface area contributed by atoms with Gasteiger partial charge in [0.2, 0.25) is 0 Å². The lowest BCUT2D eigenvalue weighted by Crippen LogP contribution is -2.33. The van der Waals surface area contributed by atoms with Crippen molar-refractivity contribution in [2.24, 2.45) is 5.92 Å². The Hall–Kier alpha value is -3.13. The Morgan fingerprint density at radius 2 is 1.62 bits per heavy atom. The molecule has 0 saturated carbocycles. The molecule has 154 valence electrons. The van der Waals surface area contributed by atoms with Crippen molar-refractivity contribution in [3.05, 3.63) is 68.7 Å². The molecule has 0 aliphatic carbocycles. The number of carbonyl (C=O) groups is 2. The van der Waals surface area contributed by atoms with E-state index in [0.29, 0.717) is 16.3 Å². The van der Waals surface area contributed by atoms with Crippen molar-refractivity contribution in [3.8, 4) is 5.75 Å². The van der Waals surface area contributed by atoms with Gasteiger partial charge in [0.15, 0.2) is 5.92 Å². The summed E-state index contributed by atoms with van der Waals surface area (Å²) >= 11 is 6.03. The largest absolute Gasteiger partial charge is 0.497 e. The van der Waals surface area contributed by atoms with E-state index < -0.39 is 28.7 Å². The predicted molar refractivity (Wildman–Crippen MR) is 105 cm³/mol. The number of nitrogens with zero attached hydrogens (tertiary/aromatic N) is 1. The molecule has 0 fully saturated rings. The summed E-state index contributed by atoms with van der Waals surface area (Å²) in [5, 5.41) is 11.7. The van der Waals surface area contributed by atoms with Crippen LogP contribution < -0.4 is 4.74 Å². The molecule has 9 heteroatoms. The van der Waals surface area contributed by atoms with Crippen molar-refractivity contribution in [2.45, 2.75) is 12.3 Å². The van der Waals surface area contributed by atoms with Gasteiger partial charge in [-0.2, -0.15) is 0 Å². The fourth-order valence-corrected chi connectivity index (χ4v) is 3.29. The second kappa shape index (κ2) is 9.88. The Morgan fingerprint density at radius 3 is 2.10 bits per heavy atom. The first-order valence-corrected chi connectivity index (χ1v) is 8.92. The zero-order valence-corrected chi connectivity index (χ0v) is 16.8. The lowest BCUT2D eigenvalue weighted by molar-refractivity contribution is -0.385. The molecule has 2 aromatic rings. The predicted octanol–water partition coefficient (Wildman–Crippen LogP) is 3.55. The second-order valence-electron chi connectivity index (χ2n) is 6.14. The molecule has 0 N–H and O–H groups in total. The van der Waals surface area contributed by atoms with Crippen LogP contribution in [0, 0.1) is 16.0 Å². The first kappa shape index (κ1) is 22.2. The Labute approximate surface area is 172 Å². The van der Waals surface area contributed by atoms with Crippen LogP contribution in [0.4, 0.5) is 5.69 Å². The fraction of sp³-hybridized carbons (Fsp3) is 0.300. The quantitative estimate of drug-likeness (QED) is 0.278. The average molecular weight is 422 g/mol. The van der Waals surface area contributed by atoms with Crippen molar-refractivity contribution < 1.29 is 28.7 Å². The van der Waals surface area contributed by atoms with E-state index in [1.807, 2.05) is 0 Å². The summed E-state index contributed by atoms with van der Waals surface area (Å²) < 4.78 is 14.7. The van der Waals surface area contributed by atoms with Crippen LogP contribution in [-0.4, -0.2) is 38.2 Å². The molecule has 0 heterocycles. The second-order valence-corrected chi connectivity index (χ2v) is 6.57. The van der Waals surface area contributed by atoms with E-state index in [1.54, 1.807) is 24.3 Å². The van der Waals surface area contributed by atoms with E-state index >= 15 is 0 Å². The van der Waals surface area contributed by atoms with E-state index in [9.17, 15) is 19.7 Å². The van der Waals surface area contributed by atoms with Crippen LogP contribution in [0.25, 0.3) is 0 Å². The van der Waals surface area contributed by atoms with E-state index in [1.165, 1.54) is 25.3 Å². The van der Waals surface area contributed by atoms with Crippen LogP contribution in [0.5, 0.6) is 5.75 Å². The highest BCUT2D eigenvalue weighted by Crippen LogP contribution is 2.35. The monoisotopic (exact) mass is 421 g/mol. The van der Waals surface area contributed by atoms with Gasteiger partial charge < -0.3 is 14.2 Å². The molecule has 0 aliphatic rings. The maximum atomic E-state index is 12.4. The van der Waals surface area contributed by atoms with Crippen LogP contribution in [0.2, 0.25) is 5.02 Å². The molecule has 0 aliphatic heterocycles. The summed E-state index contributed by atoms with van der Waals surface area (Å²) in [6, 6.07) is 10.8. The highest BCUT2D eigenvalue weighted by Gasteiger charge is 2.39. The molecule has 0 amide bonds. The van der Waals surface area contributed by atoms with Crippen LogP contribution in [0.15, 0.2) is 42.5 Å². The Morgan fingerprint density at radius 1 is 1.03 bits per heavy atom. The van der Waals surface area contributed by atoms with Gasteiger partial charge in [0.1, 0.15) is 5.75 Å². The molecule has 0 bridgehead atoms. The van der Waals surface area contributed by atoms with Crippen molar-refractivity contribution in [1.82, 2.24) is 0 Å². The van der Waals surface area contributed by atoms with Gasteiger partial charge in [-0.25, -0.2) is 0 Å². The van der Waals surface area contributed by atoms with Gasteiger partial charge in [-0.05, 0) is 36.2 Å². The fourth-order valence-electron chi connectivity index (χ4n) is 3.09. The molecule has 29 heavy (non-hydrogen) atoms. The minimum absolute atomic E-state index is 0.0158. The minimum atomic E-state index is -1.32. The molecular formula is C20H20ClNO7. The molecule has 2 aromatic carbocycles. The first-order chi connectivity index (χ1) is 13.8. The number of nitro groups is 1. The Balaban J connectivity index is 2.60. The highest BCUT2D eigenvalue weighted by atomic mass is 35.5. The van der Waals surface area contributed by atoms with Crippen LogP contribution >= 0.6 is 11.6 Å². The number of methoxy groups -OCH3 is 3. The zero-order chi connectivity index (χ0) is 21.6. The Bertz CT molecular complexity index is 882. The van der Waals surface area contributed by atoms with Gasteiger partial charge in [-0.3, -0.25) is 19.7 Å². The van der Waals surface area contributed by atoms with Gasteiger partial charge in [-0.1, -0.05) is 23.7 Å². The maximum Gasteiger partial charge on any atom is 0.320 e. The number of hydrogen-bond donors (Lipinski definition) is 0. The summed E-state index contributed by atoms with van der Waals surface area (Å²) in [7, 11) is 3.82. The number of nitro benzene ring substituents is 1. The Kier molecular flexibility index (Phi) is 7.55. The lowest BCUT2D eigenvalue weighted by atomic mass is 9.81. The normalized spacial score (nSPS) is 11.6. The third-order valence-electron chi connectivity index (χ3n) is 4.53. The molecule has 0 saturated heterocycles. The summed E-state index contributed by atoms with van der Waals surface area (Å²) in [6.07, 6.45) is -0.0158. The first-order valence-electron chi connectivity index (χ1n) is 8.54. The van der Waals surface area contributed by atoms with E-state index in [0.717, 1.165) is 14.2 Å². The summed E-state index contributed by atoms with van der Waals surface area (Å²) in [4.78, 5) is 35.7. The van der Waals surface area contributed by atoms with Gasteiger partial charge in [-0.15, -0.1) is 0 Å². The number of hydrogen-bond acceptors (Lipinski definition) is 7. The van der Waals surface area contributed by atoms with E-state index in [2.05, 4.69) is 0 Å². The smallest absolute Gasteiger partial charge is 0.320 e. The third kappa shape index (κ3) is 5.23. The number of rotatable bonds is 8. The highest BCUT2D eigenvalue weighted by molar-refractivity contribution is 6.30. The number of halogens is 1. The van der Waals surface area contributed by atoms with Crippen molar-refractivity contribution in [2.75, 3.05) is 21.3 Å². The maximum absolute atomic E-state index is 12.4. The number of carbonyl (C=O) groups excluding carboxylic acids is 2. The average Bonchev–Trinajstić information content (AvgIpc) is 2.72. The summed E-state index contributed by atoms with van der Waals surface area (Å²) in [6.45, 7) is 0. The molecule has 8 nitrogen and oxygen atoms in total. The van der Waals surface area contributed by atoms with Gasteiger partial charge in [0, 0.05) is 22.6 Å². The summed E-state index contributed by atoms with van der Waals surface area (Å²) in [5.74, 6) is -3.14. The van der Waals surface area contributed by atoms with Crippen LogP contribution in [0.1, 0.15) is 17.0 Å². The summed E-state index contributed by atoms with van der Waals surface area (Å²) in [5.41, 5.74) is 0.698. The standard InChI is InChI=1S/C20H20ClNO7/c1-27-15-7-4-12(5-8-15)16(18(19(23)28-2)20(24)29-3)11-13-10-14(21)6-9-17(13)22(25)26/h4-10,16,18H,11H2,1-3H3. The van der Waals surface area contributed by atoms with Crippen molar-refractivity contribution in [1.29, 1.82) is 0 Å². The molecule has 0 aromatic heterocycles. The van der Waals surface area contributed by atoms with Crippen molar-refractivity contribution in [3.63, 3.8) is 0 Å². The molecular weight excluding hydrogens is 402 g/mol. The van der Waals surface area contributed by atoms with Gasteiger partial charge >= 0.3 is 11.9 Å². The number of esters is 2. The number of benzene rings is 2. The molecule has 1 unspecified atom stereocenters. The van der Waals surface area contributed by atoms with Gasteiger partial charge in [0.05, 0.1) is 26.3 Å². The SMILES string of the molecule is COC(=O)C(C(=O)OC)C(Cc1cc(Cl)ccc1[N+](=O)[O-])c1ccc(OC)cc1. The zero-order valence-electron chi connectivity index (χ0n) is 16.1. The molecule has 2 rings (SSSR count). The molecule has 1 atom stereocenters. The molecule has 0 spiro atoms. The lowest BCUT2D eigenvalue weighted by Gasteiger charge is -2.24. The van der Waals surface area contributed by atoms with E-state index in [-0.39, 0.29) is 17.7 Å². The molecule has 0 radical (unpaired) electrons. The van der Waals surface area contributed by atoms with Crippen molar-refractivity contribution >= 4 is 29.2 Å². The minimum Gasteiger partial charge on any atom is -0.497 e. The topological polar surface area (TPSA) is 105 Å². The van der Waals surface area contributed by atoms with Crippen LogP contribution in [-0.2, 0) is 25.5 Å².